The Kier molecular flexibility index (Phi) is 3.76. The van der Waals surface area contributed by atoms with Gasteiger partial charge >= 0.3 is 0 Å². The minimum Gasteiger partial charge on any atom is -0.333 e. The number of aryl methyl sites for hydroxylation is 1. The Morgan fingerprint density at radius 2 is 2.10 bits per heavy atom. The normalized spacial score (nSPS) is 29.6. The molecule has 0 aromatic heterocycles. The highest BCUT2D eigenvalue weighted by Gasteiger charge is 2.38. The maximum absolute atomic E-state index is 13.8. The molecule has 3 rings (SSSR count). The first-order valence-corrected chi connectivity index (χ1v) is 8.31. The third kappa shape index (κ3) is 2.85. The predicted molar refractivity (Wildman–Crippen MR) is 85.0 cm³/mol. The molecule has 0 radical (unpaired) electrons. The van der Waals surface area contributed by atoms with E-state index in [1.165, 1.54) is 31.7 Å². The number of hydrogen-bond donors (Lipinski definition) is 1. The molecular weight excluding hydrogens is 271 g/mol. The van der Waals surface area contributed by atoms with Crippen molar-refractivity contribution in [3.8, 4) is 0 Å². The molecule has 1 spiro atoms. The van der Waals surface area contributed by atoms with Crippen molar-refractivity contribution in [1.82, 2.24) is 0 Å². The molecule has 1 aliphatic carbocycles. The van der Waals surface area contributed by atoms with Gasteiger partial charge in [0.1, 0.15) is 5.82 Å². The van der Waals surface area contributed by atoms with E-state index in [-0.39, 0.29) is 11.4 Å². The summed E-state index contributed by atoms with van der Waals surface area (Å²) in [7, 11) is 0. The molecule has 0 amide bonds. The van der Waals surface area contributed by atoms with Gasteiger partial charge in [0, 0.05) is 5.75 Å². The SMILES string of the molecule is Cc1ccc(F)c(NC2=NC3(CCC(C)CC3)CS2)c1. The summed E-state index contributed by atoms with van der Waals surface area (Å²) in [5.74, 6) is 1.65. The predicted octanol–water partition coefficient (Wildman–Crippen LogP) is 4.60. The molecule has 1 aromatic rings. The Hall–Kier alpha value is -1.03. The Bertz CT molecular complexity index is 533. The Labute approximate surface area is 124 Å². The van der Waals surface area contributed by atoms with Gasteiger partial charge in [0.2, 0.25) is 0 Å². The molecule has 108 valence electrons. The fourth-order valence-electron chi connectivity index (χ4n) is 2.95. The van der Waals surface area contributed by atoms with E-state index in [1.54, 1.807) is 17.8 Å². The maximum Gasteiger partial charge on any atom is 0.161 e. The van der Waals surface area contributed by atoms with Crippen molar-refractivity contribution in [2.75, 3.05) is 11.1 Å². The van der Waals surface area contributed by atoms with Crippen LogP contribution in [0.15, 0.2) is 23.2 Å². The lowest BCUT2D eigenvalue weighted by molar-refractivity contribution is 0.273. The van der Waals surface area contributed by atoms with Crippen LogP contribution in [-0.2, 0) is 0 Å². The number of anilines is 1. The third-order valence-electron chi connectivity index (χ3n) is 4.38. The molecule has 0 bridgehead atoms. The van der Waals surface area contributed by atoms with Crippen LogP contribution in [0.2, 0.25) is 0 Å². The molecule has 1 N–H and O–H groups in total. The van der Waals surface area contributed by atoms with Crippen LogP contribution in [0.25, 0.3) is 0 Å². The summed E-state index contributed by atoms with van der Waals surface area (Å²) in [6.07, 6.45) is 4.86. The number of halogens is 1. The van der Waals surface area contributed by atoms with E-state index in [2.05, 4.69) is 12.2 Å². The Morgan fingerprint density at radius 1 is 1.35 bits per heavy atom. The number of aliphatic imine (C=N–C) groups is 1. The van der Waals surface area contributed by atoms with Crippen LogP contribution in [0.3, 0.4) is 0 Å². The zero-order valence-corrected chi connectivity index (χ0v) is 12.9. The fraction of sp³-hybridized carbons (Fsp3) is 0.562. The van der Waals surface area contributed by atoms with Gasteiger partial charge in [0.25, 0.3) is 0 Å². The number of rotatable bonds is 1. The van der Waals surface area contributed by atoms with Gasteiger partial charge in [-0.1, -0.05) is 24.8 Å². The second-order valence-electron chi connectivity index (χ2n) is 6.22. The average molecular weight is 292 g/mol. The summed E-state index contributed by atoms with van der Waals surface area (Å²) >= 11 is 1.73. The van der Waals surface area contributed by atoms with E-state index in [0.29, 0.717) is 5.69 Å². The fourth-order valence-corrected chi connectivity index (χ4v) is 4.15. The molecule has 0 saturated heterocycles. The number of nitrogens with one attached hydrogen (secondary N) is 1. The van der Waals surface area contributed by atoms with Crippen LogP contribution < -0.4 is 5.32 Å². The van der Waals surface area contributed by atoms with Crippen LogP contribution in [0.5, 0.6) is 0 Å². The van der Waals surface area contributed by atoms with Gasteiger partial charge in [-0.2, -0.15) is 0 Å². The van der Waals surface area contributed by atoms with Crippen molar-refractivity contribution in [2.24, 2.45) is 10.9 Å². The van der Waals surface area contributed by atoms with Gasteiger partial charge in [-0.3, -0.25) is 4.99 Å². The number of benzene rings is 1. The highest BCUT2D eigenvalue weighted by molar-refractivity contribution is 8.14. The van der Waals surface area contributed by atoms with E-state index < -0.39 is 0 Å². The van der Waals surface area contributed by atoms with E-state index in [9.17, 15) is 4.39 Å². The van der Waals surface area contributed by atoms with Crippen molar-refractivity contribution < 1.29 is 4.39 Å². The van der Waals surface area contributed by atoms with Crippen molar-refractivity contribution in [1.29, 1.82) is 0 Å². The topological polar surface area (TPSA) is 24.4 Å². The molecule has 0 unspecified atom stereocenters. The molecule has 1 heterocycles. The highest BCUT2D eigenvalue weighted by atomic mass is 32.2. The van der Waals surface area contributed by atoms with Gasteiger partial charge in [0.05, 0.1) is 11.2 Å². The summed E-state index contributed by atoms with van der Waals surface area (Å²) in [5, 5.41) is 4.05. The first-order valence-electron chi connectivity index (χ1n) is 7.32. The first-order chi connectivity index (χ1) is 9.56. The van der Waals surface area contributed by atoms with E-state index in [1.807, 2.05) is 13.0 Å². The van der Waals surface area contributed by atoms with Crippen molar-refractivity contribution in [3.63, 3.8) is 0 Å². The van der Waals surface area contributed by atoms with Crippen LogP contribution in [0.4, 0.5) is 10.1 Å². The Morgan fingerprint density at radius 3 is 2.85 bits per heavy atom. The van der Waals surface area contributed by atoms with Crippen LogP contribution in [0, 0.1) is 18.7 Å². The summed E-state index contributed by atoms with van der Waals surface area (Å²) in [4.78, 5) is 4.88. The lowest BCUT2D eigenvalue weighted by Crippen LogP contribution is -2.32. The van der Waals surface area contributed by atoms with Crippen LogP contribution in [-0.4, -0.2) is 16.5 Å². The Balaban J connectivity index is 1.74. The van der Waals surface area contributed by atoms with Crippen LogP contribution >= 0.6 is 11.8 Å². The van der Waals surface area contributed by atoms with E-state index in [0.717, 1.165) is 22.4 Å². The maximum atomic E-state index is 13.8. The van der Waals surface area contributed by atoms with Gasteiger partial charge in [-0.05, 0) is 56.2 Å². The number of hydrogen-bond acceptors (Lipinski definition) is 3. The standard InChI is InChI=1S/C16H21FN2S/c1-11-5-7-16(8-6-11)10-20-15(19-16)18-14-9-12(2)3-4-13(14)17/h3-4,9,11H,5-8,10H2,1-2H3,(H,18,19). The molecule has 1 saturated carbocycles. The quantitative estimate of drug-likeness (QED) is 0.818. The van der Waals surface area contributed by atoms with Crippen molar-refractivity contribution in [2.45, 2.75) is 45.1 Å². The largest absolute Gasteiger partial charge is 0.333 e. The first kappa shape index (κ1) is 13.9. The van der Waals surface area contributed by atoms with Crippen molar-refractivity contribution in [3.05, 3.63) is 29.6 Å². The van der Waals surface area contributed by atoms with Gasteiger partial charge in [-0.25, -0.2) is 4.39 Å². The third-order valence-corrected chi connectivity index (χ3v) is 5.53. The molecule has 20 heavy (non-hydrogen) atoms. The average Bonchev–Trinajstić information content (AvgIpc) is 2.81. The number of thioether (sulfide) groups is 1. The summed E-state index contributed by atoms with van der Waals surface area (Å²) in [6, 6.07) is 5.14. The molecule has 4 heteroatoms. The molecule has 2 aliphatic rings. The molecule has 2 nitrogen and oxygen atoms in total. The monoisotopic (exact) mass is 292 g/mol. The zero-order valence-electron chi connectivity index (χ0n) is 12.1. The summed E-state index contributed by atoms with van der Waals surface area (Å²) in [6.45, 7) is 4.29. The number of nitrogens with zero attached hydrogens (tertiary/aromatic N) is 1. The minimum atomic E-state index is -0.211. The minimum absolute atomic E-state index is 0.111. The van der Waals surface area contributed by atoms with Crippen molar-refractivity contribution >= 4 is 22.6 Å². The molecule has 1 aliphatic heterocycles. The van der Waals surface area contributed by atoms with Gasteiger partial charge in [0.15, 0.2) is 5.17 Å². The lowest BCUT2D eigenvalue weighted by atomic mass is 9.79. The van der Waals surface area contributed by atoms with Crippen LogP contribution in [0.1, 0.15) is 38.2 Å². The smallest absolute Gasteiger partial charge is 0.161 e. The van der Waals surface area contributed by atoms with E-state index >= 15 is 0 Å². The zero-order chi connectivity index (χ0) is 14.2. The van der Waals surface area contributed by atoms with E-state index in [4.69, 9.17) is 4.99 Å². The van der Waals surface area contributed by atoms with Gasteiger partial charge < -0.3 is 5.32 Å². The highest BCUT2D eigenvalue weighted by Crippen LogP contribution is 2.41. The second-order valence-corrected chi connectivity index (χ2v) is 7.18. The molecular formula is C16H21FN2S. The number of amidine groups is 1. The molecule has 1 aromatic carbocycles. The summed E-state index contributed by atoms with van der Waals surface area (Å²) in [5.41, 5.74) is 1.70. The second kappa shape index (κ2) is 5.40. The van der Waals surface area contributed by atoms with Gasteiger partial charge in [-0.15, -0.1) is 0 Å². The molecule has 0 atom stereocenters. The summed E-state index contributed by atoms with van der Waals surface area (Å²) < 4.78 is 13.8. The lowest BCUT2D eigenvalue weighted by Gasteiger charge is -2.32. The molecule has 1 fully saturated rings.